The fraction of sp³-hybridized carbons (Fsp3) is 0.500. The van der Waals surface area contributed by atoms with Gasteiger partial charge in [0.1, 0.15) is 11.4 Å². The standard InChI is InChI=1S/C12H15ClO/c1-8(13)9-4-5-11-10(6-9)7-12(2,3)14-11/h4-6,8H,7H2,1-3H3. The normalized spacial score (nSPS) is 20.0. The molecular weight excluding hydrogens is 196 g/mol. The summed E-state index contributed by atoms with van der Waals surface area (Å²) < 4.78 is 5.79. The molecule has 0 aliphatic carbocycles. The molecular formula is C12H15ClO. The molecule has 0 spiro atoms. The number of rotatable bonds is 1. The lowest BCUT2D eigenvalue weighted by Crippen LogP contribution is -2.24. The molecule has 0 bridgehead atoms. The highest BCUT2D eigenvalue weighted by Gasteiger charge is 2.29. The molecule has 2 heteroatoms. The minimum atomic E-state index is -0.0590. The molecule has 76 valence electrons. The van der Waals surface area contributed by atoms with Gasteiger partial charge in [-0.15, -0.1) is 11.6 Å². The van der Waals surface area contributed by atoms with Crippen molar-refractivity contribution in [3.63, 3.8) is 0 Å². The molecule has 0 aromatic heterocycles. The molecule has 14 heavy (non-hydrogen) atoms. The van der Waals surface area contributed by atoms with Gasteiger partial charge in [-0.05, 0) is 38.0 Å². The van der Waals surface area contributed by atoms with Crippen LogP contribution in [0.1, 0.15) is 37.3 Å². The van der Waals surface area contributed by atoms with Crippen molar-refractivity contribution in [1.82, 2.24) is 0 Å². The first kappa shape index (κ1) is 9.85. The zero-order valence-corrected chi connectivity index (χ0v) is 9.56. The van der Waals surface area contributed by atoms with Crippen LogP contribution in [0.25, 0.3) is 0 Å². The summed E-state index contributed by atoms with van der Waals surface area (Å²) in [5.74, 6) is 1.01. The van der Waals surface area contributed by atoms with Crippen LogP contribution in [-0.2, 0) is 6.42 Å². The van der Waals surface area contributed by atoms with E-state index in [1.807, 2.05) is 19.1 Å². The van der Waals surface area contributed by atoms with E-state index in [9.17, 15) is 0 Å². The van der Waals surface area contributed by atoms with E-state index in [-0.39, 0.29) is 11.0 Å². The second-order valence-corrected chi connectivity index (χ2v) is 5.18. The van der Waals surface area contributed by atoms with Gasteiger partial charge in [-0.25, -0.2) is 0 Å². The molecule has 0 saturated carbocycles. The van der Waals surface area contributed by atoms with E-state index in [0.717, 1.165) is 12.2 Å². The fourth-order valence-corrected chi connectivity index (χ4v) is 2.01. The van der Waals surface area contributed by atoms with Gasteiger partial charge in [0.05, 0.1) is 5.38 Å². The van der Waals surface area contributed by atoms with Gasteiger partial charge in [0, 0.05) is 6.42 Å². The van der Waals surface area contributed by atoms with E-state index >= 15 is 0 Å². The Balaban J connectivity index is 2.36. The summed E-state index contributed by atoms with van der Waals surface area (Å²) in [4.78, 5) is 0. The summed E-state index contributed by atoms with van der Waals surface area (Å²) in [6.45, 7) is 6.21. The zero-order chi connectivity index (χ0) is 10.3. The average Bonchev–Trinajstić information content (AvgIpc) is 2.36. The topological polar surface area (TPSA) is 9.23 Å². The van der Waals surface area contributed by atoms with Crippen LogP contribution in [0.4, 0.5) is 0 Å². The van der Waals surface area contributed by atoms with Crippen LogP contribution in [0.3, 0.4) is 0 Å². The number of fused-ring (bicyclic) bond motifs is 1. The predicted molar refractivity (Wildman–Crippen MR) is 59.1 cm³/mol. The van der Waals surface area contributed by atoms with Crippen molar-refractivity contribution in [3.8, 4) is 5.75 Å². The minimum Gasteiger partial charge on any atom is -0.487 e. The first-order chi connectivity index (χ1) is 6.48. The van der Waals surface area contributed by atoms with Crippen LogP contribution in [0, 0.1) is 0 Å². The molecule has 1 heterocycles. The molecule has 1 atom stereocenters. The van der Waals surface area contributed by atoms with Crippen LogP contribution in [0.15, 0.2) is 18.2 Å². The summed E-state index contributed by atoms with van der Waals surface area (Å²) in [5, 5.41) is 0.0732. The largest absolute Gasteiger partial charge is 0.487 e. The molecule has 0 saturated heterocycles. The van der Waals surface area contributed by atoms with Gasteiger partial charge in [0.15, 0.2) is 0 Å². The number of halogens is 1. The molecule has 0 radical (unpaired) electrons. The predicted octanol–water partition coefficient (Wildman–Crippen LogP) is 3.70. The maximum atomic E-state index is 6.04. The highest BCUT2D eigenvalue weighted by atomic mass is 35.5. The Kier molecular flexibility index (Phi) is 2.23. The first-order valence-corrected chi connectivity index (χ1v) is 5.37. The monoisotopic (exact) mass is 210 g/mol. The lowest BCUT2D eigenvalue weighted by molar-refractivity contribution is 0.138. The number of hydrogen-bond acceptors (Lipinski definition) is 1. The van der Waals surface area contributed by atoms with E-state index in [1.165, 1.54) is 11.1 Å². The van der Waals surface area contributed by atoms with E-state index in [4.69, 9.17) is 16.3 Å². The number of alkyl halides is 1. The Morgan fingerprint density at radius 3 is 2.79 bits per heavy atom. The number of benzene rings is 1. The molecule has 0 amide bonds. The minimum absolute atomic E-state index is 0.0590. The molecule has 1 aliphatic heterocycles. The van der Waals surface area contributed by atoms with Crippen molar-refractivity contribution in [2.75, 3.05) is 0 Å². The zero-order valence-electron chi connectivity index (χ0n) is 8.80. The van der Waals surface area contributed by atoms with E-state index in [1.54, 1.807) is 0 Å². The summed E-state index contributed by atoms with van der Waals surface area (Å²) in [5.41, 5.74) is 2.39. The molecule has 2 rings (SSSR count). The lowest BCUT2D eigenvalue weighted by Gasteiger charge is -2.16. The third-order valence-corrected chi connectivity index (χ3v) is 2.80. The van der Waals surface area contributed by atoms with Crippen LogP contribution in [0.2, 0.25) is 0 Å². The molecule has 1 nitrogen and oxygen atoms in total. The van der Waals surface area contributed by atoms with E-state index < -0.39 is 0 Å². The van der Waals surface area contributed by atoms with Gasteiger partial charge in [0.25, 0.3) is 0 Å². The van der Waals surface area contributed by atoms with Crippen molar-refractivity contribution in [1.29, 1.82) is 0 Å². The van der Waals surface area contributed by atoms with Crippen molar-refractivity contribution >= 4 is 11.6 Å². The third kappa shape index (κ3) is 1.74. The molecule has 1 aliphatic rings. The molecule has 1 unspecified atom stereocenters. The Morgan fingerprint density at radius 2 is 2.14 bits per heavy atom. The van der Waals surface area contributed by atoms with Gasteiger partial charge in [-0.2, -0.15) is 0 Å². The highest BCUT2D eigenvalue weighted by molar-refractivity contribution is 6.20. The van der Waals surface area contributed by atoms with Gasteiger partial charge in [-0.3, -0.25) is 0 Å². The maximum absolute atomic E-state index is 6.04. The van der Waals surface area contributed by atoms with Crippen LogP contribution in [-0.4, -0.2) is 5.60 Å². The Labute approximate surface area is 90.0 Å². The van der Waals surface area contributed by atoms with Crippen molar-refractivity contribution in [3.05, 3.63) is 29.3 Å². The fourth-order valence-electron chi connectivity index (χ4n) is 1.88. The molecule has 1 aromatic carbocycles. The SMILES string of the molecule is CC(Cl)c1ccc2c(c1)CC(C)(C)O2. The quantitative estimate of drug-likeness (QED) is 0.643. The number of hydrogen-bond donors (Lipinski definition) is 0. The number of ether oxygens (including phenoxy) is 1. The van der Waals surface area contributed by atoms with Gasteiger partial charge >= 0.3 is 0 Å². The Morgan fingerprint density at radius 1 is 1.43 bits per heavy atom. The van der Waals surface area contributed by atoms with Gasteiger partial charge < -0.3 is 4.74 Å². The summed E-state index contributed by atoms with van der Waals surface area (Å²) in [6, 6.07) is 6.22. The van der Waals surface area contributed by atoms with Gasteiger partial charge in [0.2, 0.25) is 0 Å². The second kappa shape index (κ2) is 3.16. The van der Waals surface area contributed by atoms with Crippen LogP contribution in [0.5, 0.6) is 5.75 Å². The third-order valence-electron chi connectivity index (χ3n) is 2.55. The van der Waals surface area contributed by atoms with Crippen LogP contribution < -0.4 is 4.74 Å². The summed E-state index contributed by atoms with van der Waals surface area (Å²) in [7, 11) is 0. The van der Waals surface area contributed by atoms with Crippen molar-refractivity contribution < 1.29 is 4.74 Å². The first-order valence-electron chi connectivity index (χ1n) is 4.94. The second-order valence-electron chi connectivity index (χ2n) is 4.52. The molecule has 0 fully saturated rings. The van der Waals surface area contributed by atoms with E-state index in [0.29, 0.717) is 0 Å². The Hall–Kier alpha value is -0.690. The maximum Gasteiger partial charge on any atom is 0.123 e. The smallest absolute Gasteiger partial charge is 0.123 e. The summed E-state index contributed by atoms with van der Waals surface area (Å²) >= 11 is 6.04. The Bertz CT molecular complexity index is 355. The molecule has 0 N–H and O–H groups in total. The lowest BCUT2D eigenvalue weighted by atomic mass is 9.99. The van der Waals surface area contributed by atoms with Gasteiger partial charge in [-0.1, -0.05) is 12.1 Å². The van der Waals surface area contributed by atoms with Crippen molar-refractivity contribution in [2.45, 2.75) is 38.2 Å². The van der Waals surface area contributed by atoms with Crippen molar-refractivity contribution in [2.24, 2.45) is 0 Å². The van der Waals surface area contributed by atoms with Crippen LogP contribution >= 0.6 is 11.6 Å². The molecule has 1 aromatic rings. The summed E-state index contributed by atoms with van der Waals surface area (Å²) in [6.07, 6.45) is 0.972. The highest BCUT2D eigenvalue weighted by Crippen LogP contribution is 2.36. The van der Waals surface area contributed by atoms with E-state index in [2.05, 4.69) is 19.9 Å². The average molecular weight is 211 g/mol.